The lowest BCUT2D eigenvalue weighted by Crippen LogP contribution is -2.25. The molecule has 2 atom stereocenters. The smallest absolute Gasteiger partial charge is 0.225 e. The highest BCUT2D eigenvalue weighted by Crippen LogP contribution is 2.29. The highest BCUT2D eigenvalue weighted by molar-refractivity contribution is 5.27. The summed E-state index contributed by atoms with van der Waals surface area (Å²) in [6, 6.07) is 1.84. The number of aromatic nitrogens is 2. The SMILES string of the molecule is CCNc1nccc(OC2CCCC(CC)C2)n1. The van der Waals surface area contributed by atoms with Crippen molar-refractivity contribution in [3.63, 3.8) is 0 Å². The molecule has 4 nitrogen and oxygen atoms in total. The highest BCUT2D eigenvalue weighted by atomic mass is 16.5. The average Bonchev–Trinajstić information content (AvgIpc) is 2.40. The first-order chi connectivity index (χ1) is 8.81. The van der Waals surface area contributed by atoms with Crippen molar-refractivity contribution < 1.29 is 4.74 Å². The molecule has 18 heavy (non-hydrogen) atoms. The predicted molar refractivity (Wildman–Crippen MR) is 72.9 cm³/mol. The summed E-state index contributed by atoms with van der Waals surface area (Å²) in [6.07, 6.45) is 8.27. The van der Waals surface area contributed by atoms with Crippen LogP contribution in [0.3, 0.4) is 0 Å². The minimum atomic E-state index is 0.327. The van der Waals surface area contributed by atoms with E-state index in [-0.39, 0.29) is 0 Å². The van der Waals surface area contributed by atoms with Crippen LogP contribution in [0.2, 0.25) is 0 Å². The van der Waals surface area contributed by atoms with Crippen LogP contribution >= 0.6 is 0 Å². The molecule has 0 spiro atoms. The normalized spacial score (nSPS) is 23.7. The van der Waals surface area contributed by atoms with Crippen LogP contribution in [0.15, 0.2) is 12.3 Å². The van der Waals surface area contributed by atoms with Crippen molar-refractivity contribution in [3.05, 3.63) is 12.3 Å². The quantitative estimate of drug-likeness (QED) is 0.870. The van der Waals surface area contributed by atoms with E-state index in [1.165, 1.54) is 19.3 Å². The van der Waals surface area contributed by atoms with E-state index in [0.717, 1.165) is 25.3 Å². The second-order valence-electron chi connectivity index (χ2n) is 4.93. The molecule has 2 rings (SSSR count). The topological polar surface area (TPSA) is 47.0 Å². The molecule has 100 valence electrons. The molecule has 4 heteroatoms. The Morgan fingerprint density at radius 1 is 1.39 bits per heavy atom. The van der Waals surface area contributed by atoms with Gasteiger partial charge in [-0.05, 0) is 32.1 Å². The van der Waals surface area contributed by atoms with Crippen molar-refractivity contribution in [1.29, 1.82) is 0 Å². The van der Waals surface area contributed by atoms with Crippen molar-refractivity contribution in [2.75, 3.05) is 11.9 Å². The van der Waals surface area contributed by atoms with E-state index >= 15 is 0 Å². The van der Waals surface area contributed by atoms with Gasteiger partial charge in [0.2, 0.25) is 11.8 Å². The third-order valence-corrected chi connectivity index (χ3v) is 3.56. The van der Waals surface area contributed by atoms with Gasteiger partial charge in [0.05, 0.1) is 0 Å². The summed E-state index contributed by atoms with van der Waals surface area (Å²) in [7, 11) is 0. The second-order valence-corrected chi connectivity index (χ2v) is 4.93. The molecule has 1 heterocycles. The van der Waals surface area contributed by atoms with E-state index in [9.17, 15) is 0 Å². The molecule has 1 fully saturated rings. The van der Waals surface area contributed by atoms with Crippen LogP contribution in [0, 0.1) is 5.92 Å². The number of nitrogens with one attached hydrogen (secondary N) is 1. The van der Waals surface area contributed by atoms with Gasteiger partial charge in [0.1, 0.15) is 6.10 Å². The zero-order valence-corrected chi connectivity index (χ0v) is 11.4. The van der Waals surface area contributed by atoms with Gasteiger partial charge >= 0.3 is 0 Å². The van der Waals surface area contributed by atoms with E-state index in [4.69, 9.17) is 4.74 Å². The molecular formula is C14H23N3O. The van der Waals surface area contributed by atoms with Gasteiger partial charge in [0.25, 0.3) is 0 Å². The highest BCUT2D eigenvalue weighted by Gasteiger charge is 2.22. The fourth-order valence-electron chi connectivity index (χ4n) is 2.54. The molecule has 1 N–H and O–H groups in total. The van der Waals surface area contributed by atoms with Gasteiger partial charge in [0.15, 0.2) is 0 Å². The van der Waals surface area contributed by atoms with Crippen LogP contribution in [-0.4, -0.2) is 22.6 Å². The Kier molecular flexibility index (Phi) is 4.79. The molecule has 0 radical (unpaired) electrons. The maximum Gasteiger partial charge on any atom is 0.225 e. The minimum Gasteiger partial charge on any atom is -0.474 e. The molecule has 0 bridgehead atoms. The maximum atomic E-state index is 5.98. The van der Waals surface area contributed by atoms with Gasteiger partial charge in [-0.15, -0.1) is 0 Å². The lowest BCUT2D eigenvalue weighted by Gasteiger charge is -2.28. The Balaban J connectivity index is 1.93. The lowest BCUT2D eigenvalue weighted by molar-refractivity contribution is 0.117. The van der Waals surface area contributed by atoms with Crippen molar-refractivity contribution >= 4 is 5.95 Å². The van der Waals surface area contributed by atoms with E-state index < -0.39 is 0 Å². The predicted octanol–water partition coefficient (Wildman–Crippen LogP) is 3.26. The molecular weight excluding hydrogens is 226 g/mol. The maximum absolute atomic E-state index is 5.98. The number of hydrogen-bond acceptors (Lipinski definition) is 4. The van der Waals surface area contributed by atoms with Gasteiger partial charge in [-0.25, -0.2) is 4.98 Å². The first kappa shape index (κ1) is 13.1. The summed E-state index contributed by atoms with van der Waals surface area (Å²) in [5.74, 6) is 2.17. The number of anilines is 1. The zero-order chi connectivity index (χ0) is 12.8. The van der Waals surface area contributed by atoms with E-state index in [0.29, 0.717) is 17.9 Å². The number of hydrogen-bond donors (Lipinski definition) is 1. The molecule has 0 saturated heterocycles. The fourth-order valence-corrected chi connectivity index (χ4v) is 2.54. The molecule has 1 saturated carbocycles. The van der Waals surface area contributed by atoms with Crippen molar-refractivity contribution in [2.45, 2.75) is 52.1 Å². The third kappa shape index (κ3) is 3.59. The Labute approximate surface area is 109 Å². The Hall–Kier alpha value is -1.32. The minimum absolute atomic E-state index is 0.327. The Bertz CT molecular complexity index is 370. The number of ether oxygens (including phenoxy) is 1. The molecule has 0 amide bonds. The summed E-state index contributed by atoms with van der Waals surface area (Å²) in [6.45, 7) is 5.12. The van der Waals surface area contributed by atoms with Crippen LogP contribution in [-0.2, 0) is 0 Å². The van der Waals surface area contributed by atoms with Gasteiger partial charge in [-0.2, -0.15) is 4.98 Å². The van der Waals surface area contributed by atoms with E-state index in [1.807, 2.05) is 13.0 Å². The molecule has 0 aromatic carbocycles. The van der Waals surface area contributed by atoms with E-state index in [1.54, 1.807) is 6.20 Å². The zero-order valence-electron chi connectivity index (χ0n) is 11.4. The van der Waals surface area contributed by atoms with Gasteiger partial charge in [-0.3, -0.25) is 0 Å². The molecule has 1 aromatic heterocycles. The molecule has 1 aliphatic rings. The first-order valence-corrected chi connectivity index (χ1v) is 7.05. The monoisotopic (exact) mass is 249 g/mol. The molecule has 1 aromatic rings. The summed E-state index contributed by atoms with van der Waals surface area (Å²) < 4.78 is 5.98. The number of nitrogens with zero attached hydrogens (tertiary/aromatic N) is 2. The second kappa shape index (κ2) is 6.57. The Morgan fingerprint density at radius 2 is 2.28 bits per heavy atom. The molecule has 1 aliphatic carbocycles. The van der Waals surface area contributed by atoms with Crippen LogP contribution in [0.25, 0.3) is 0 Å². The molecule has 0 aliphatic heterocycles. The van der Waals surface area contributed by atoms with Crippen LogP contribution in [0.1, 0.15) is 46.0 Å². The van der Waals surface area contributed by atoms with Gasteiger partial charge < -0.3 is 10.1 Å². The summed E-state index contributed by atoms with van der Waals surface area (Å²) in [5, 5.41) is 3.10. The van der Waals surface area contributed by atoms with Crippen LogP contribution in [0.4, 0.5) is 5.95 Å². The van der Waals surface area contributed by atoms with Gasteiger partial charge in [-0.1, -0.05) is 19.8 Å². The van der Waals surface area contributed by atoms with Crippen LogP contribution < -0.4 is 10.1 Å². The fraction of sp³-hybridized carbons (Fsp3) is 0.714. The standard InChI is InChI=1S/C14H23N3O/c1-3-11-6-5-7-12(10-11)18-13-8-9-16-14(17-13)15-4-2/h8-9,11-12H,3-7,10H2,1-2H3,(H,15,16,17). The summed E-state index contributed by atoms with van der Waals surface area (Å²) in [4.78, 5) is 8.51. The summed E-state index contributed by atoms with van der Waals surface area (Å²) in [5.41, 5.74) is 0. The first-order valence-electron chi connectivity index (χ1n) is 7.05. The number of rotatable bonds is 5. The largest absolute Gasteiger partial charge is 0.474 e. The van der Waals surface area contributed by atoms with Crippen LogP contribution in [0.5, 0.6) is 5.88 Å². The van der Waals surface area contributed by atoms with E-state index in [2.05, 4.69) is 22.2 Å². The van der Waals surface area contributed by atoms with Crippen molar-refractivity contribution in [2.24, 2.45) is 5.92 Å². The summed E-state index contributed by atoms with van der Waals surface area (Å²) >= 11 is 0. The lowest BCUT2D eigenvalue weighted by atomic mass is 9.85. The Morgan fingerprint density at radius 3 is 3.06 bits per heavy atom. The third-order valence-electron chi connectivity index (χ3n) is 3.56. The van der Waals surface area contributed by atoms with Gasteiger partial charge in [0, 0.05) is 18.8 Å². The average molecular weight is 249 g/mol. The van der Waals surface area contributed by atoms with Crippen molar-refractivity contribution in [1.82, 2.24) is 9.97 Å². The van der Waals surface area contributed by atoms with Crippen molar-refractivity contribution in [3.8, 4) is 5.88 Å². The molecule has 2 unspecified atom stereocenters.